The molecule has 0 fully saturated rings. The van der Waals surface area contributed by atoms with Crippen LogP contribution in [0.1, 0.15) is 22.9 Å². The first-order chi connectivity index (χ1) is 11.2. The summed E-state index contributed by atoms with van der Waals surface area (Å²) < 4.78 is 1.71. The Morgan fingerprint density at radius 3 is 2.87 bits per heavy atom. The minimum absolute atomic E-state index is 0.0577. The SMILES string of the molecule is Cc1nc2c(c(=O)[nH]1)CN(Cc1nnnn1-c1ccccc1)C2. The van der Waals surface area contributed by atoms with Crippen molar-refractivity contribution in [3.8, 4) is 5.69 Å². The number of hydrogen-bond donors (Lipinski definition) is 1. The van der Waals surface area contributed by atoms with Crippen LogP contribution in [0.2, 0.25) is 0 Å². The van der Waals surface area contributed by atoms with E-state index in [1.54, 1.807) is 11.6 Å². The average molecular weight is 309 g/mol. The predicted octanol–water partition coefficient (Wildman–Crippen LogP) is 0.570. The van der Waals surface area contributed by atoms with Crippen LogP contribution in [-0.2, 0) is 19.6 Å². The highest BCUT2D eigenvalue weighted by atomic mass is 16.1. The number of hydrogen-bond acceptors (Lipinski definition) is 6. The summed E-state index contributed by atoms with van der Waals surface area (Å²) in [5, 5.41) is 11.9. The molecule has 4 rings (SSSR count). The molecular formula is C15H15N7O. The van der Waals surface area contributed by atoms with E-state index in [1.165, 1.54) is 0 Å². The zero-order valence-electron chi connectivity index (χ0n) is 12.6. The van der Waals surface area contributed by atoms with E-state index in [1.807, 2.05) is 30.3 Å². The quantitative estimate of drug-likeness (QED) is 0.760. The van der Waals surface area contributed by atoms with E-state index in [2.05, 4.69) is 30.4 Å². The molecule has 1 aromatic carbocycles. The fraction of sp³-hybridized carbons (Fsp3) is 0.267. The van der Waals surface area contributed by atoms with Crippen molar-refractivity contribution < 1.29 is 0 Å². The number of para-hydroxylation sites is 1. The molecule has 0 unspecified atom stereocenters. The van der Waals surface area contributed by atoms with Gasteiger partial charge in [0.15, 0.2) is 5.82 Å². The highest BCUT2D eigenvalue weighted by molar-refractivity contribution is 5.30. The van der Waals surface area contributed by atoms with Gasteiger partial charge in [-0.1, -0.05) is 18.2 Å². The largest absolute Gasteiger partial charge is 0.310 e. The zero-order valence-corrected chi connectivity index (χ0v) is 12.6. The van der Waals surface area contributed by atoms with E-state index in [0.29, 0.717) is 25.5 Å². The zero-order chi connectivity index (χ0) is 15.8. The first kappa shape index (κ1) is 13.8. The van der Waals surface area contributed by atoms with Gasteiger partial charge in [-0.3, -0.25) is 9.69 Å². The third-order valence-electron chi connectivity index (χ3n) is 3.87. The molecule has 0 spiro atoms. The molecule has 0 radical (unpaired) electrons. The Morgan fingerprint density at radius 2 is 2.04 bits per heavy atom. The number of tetrazole rings is 1. The van der Waals surface area contributed by atoms with Crippen LogP contribution in [0.5, 0.6) is 0 Å². The average Bonchev–Trinajstić information content (AvgIpc) is 3.15. The van der Waals surface area contributed by atoms with Crippen molar-refractivity contribution in [2.24, 2.45) is 0 Å². The minimum atomic E-state index is -0.0577. The van der Waals surface area contributed by atoms with Gasteiger partial charge in [-0.2, -0.15) is 4.68 Å². The smallest absolute Gasteiger partial charge is 0.255 e. The fourth-order valence-electron chi connectivity index (χ4n) is 2.84. The Kier molecular flexibility index (Phi) is 3.23. The molecule has 3 aromatic rings. The molecule has 1 aliphatic heterocycles. The van der Waals surface area contributed by atoms with Crippen molar-refractivity contribution >= 4 is 0 Å². The van der Waals surface area contributed by atoms with Gasteiger partial charge in [-0.05, 0) is 29.5 Å². The molecule has 0 atom stereocenters. The van der Waals surface area contributed by atoms with Gasteiger partial charge in [0.2, 0.25) is 0 Å². The molecule has 0 saturated carbocycles. The molecule has 2 aromatic heterocycles. The summed E-state index contributed by atoms with van der Waals surface area (Å²) in [7, 11) is 0. The van der Waals surface area contributed by atoms with E-state index in [-0.39, 0.29) is 5.56 Å². The molecule has 8 nitrogen and oxygen atoms in total. The minimum Gasteiger partial charge on any atom is -0.310 e. The number of fused-ring (bicyclic) bond motifs is 1. The number of nitrogens with one attached hydrogen (secondary N) is 1. The molecule has 1 N–H and O–H groups in total. The summed E-state index contributed by atoms with van der Waals surface area (Å²) in [4.78, 5) is 21.3. The molecule has 116 valence electrons. The number of nitrogens with zero attached hydrogens (tertiary/aromatic N) is 6. The Hall–Kier alpha value is -2.87. The first-order valence-electron chi connectivity index (χ1n) is 7.34. The summed E-state index contributed by atoms with van der Waals surface area (Å²) in [6.07, 6.45) is 0. The standard InChI is InChI=1S/C15H15N7O/c1-10-16-13-8-21(7-12(13)15(23)17-10)9-14-18-19-20-22(14)11-5-3-2-4-6-11/h2-6H,7-9H2,1H3,(H,16,17,23). The van der Waals surface area contributed by atoms with Crippen LogP contribution in [0.3, 0.4) is 0 Å². The van der Waals surface area contributed by atoms with Crippen LogP contribution in [0.4, 0.5) is 0 Å². The lowest BCUT2D eigenvalue weighted by Gasteiger charge is -2.13. The predicted molar refractivity (Wildman–Crippen MR) is 81.7 cm³/mol. The maximum absolute atomic E-state index is 12.0. The van der Waals surface area contributed by atoms with Crippen LogP contribution >= 0.6 is 0 Å². The Morgan fingerprint density at radius 1 is 1.22 bits per heavy atom. The van der Waals surface area contributed by atoms with Crippen molar-refractivity contribution in [1.82, 2.24) is 35.1 Å². The molecule has 8 heteroatoms. The Labute approximate surface area is 131 Å². The van der Waals surface area contributed by atoms with Crippen LogP contribution < -0.4 is 5.56 Å². The lowest BCUT2D eigenvalue weighted by molar-refractivity contribution is 0.264. The second kappa shape index (κ2) is 5.40. The van der Waals surface area contributed by atoms with Crippen molar-refractivity contribution in [2.45, 2.75) is 26.6 Å². The number of aromatic nitrogens is 6. The number of aryl methyl sites for hydroxylation is 1. The summed E-state index contributed by atoms with van der Waals surface area (Å²) in [6.45, 7) is 3.53. The number of H-pyrrole nitrogens is 1. The molecule has 1 aliphatic rings. The van der Waals surface area contributed by atoms with Gasteiger partial charge >= 0.3 is 0 Å². The van der Waals surface area contributed by atoms with E-state index in [4.69, 9.17) is 0 Å². The van der Waals surface area contributed by atoms with Gasteiger partial charge in [0, 0.05) is 13.1 Å². The Balaban J connectivity index is 1.59. The Bertz CT molecular complexity index is 900. The van der Waals surface area contributed by atoms with Crippen LogP contribution in [0.15, 0.2) is 35.1 Å². The van der Waals surface area contributed by atoms with Gasteiger partial charge in [-0.15, -0.1) is 5.10 Å². The normalized spacial score (nSPS) is 14.1. The number of benzene rings is 1. The monoisotopic (exact) mass is 309 g/mol. The first-order valence-corrected chi connectivity index (χ1v) is 7.34. The van der Waals surface area contributed by atoms with E-state index < -0.39 is 0 Å². The van der Waals surface area contributed by atoms with E-state index >= 15 is 0 Å². The summed E-state index contributed by atoms with van der Waals surface area (Å²) in [6, 6.07) is 9.74. The lowest BCUT2D eigenvalue weighted by Crippen LogP contribution is -2.20. The third-order valence-corrected chi connectivity index (χ3v) is 3.87. The number of rotatable bonds is 3. The fourth-order valence-corrected chi connectivity index (χ4v) is 2.84. The molecule has 23 heavy (non-hydrogen) atoms. The van der Waals surface area contributed by atoms with Crippen molar-refractivity contribution in [3.63, 3.8) is 0 Å². The van der Waals surface area contributed by atoms with Gasteiger partial charge in [0.25, 0.3) is 5.56 Å². The van der Waals surface area contributed by atoms with Gasteiger partial charge in [0.05, 0.1) is 23.5 Å². The summed E-state index contributed by atoms with van der Waals surface area (Å²) in [5.74, 6) is 1.38. The summed E-state index contributed by atoms with van der Waals surface area (Å²) in [5.41, 5.74) is 2.42. The topological polar surface area (TPSA) is 92.6 Å². The molecule has 0 aliphatic carbocycles. The third kappa shape index (κ3) is 2.53. The molecule has 0 saturated heterocycles. The number of aromatic amines is 1. The van der Waals surface area contributed by atoms with E-state index in [9.17, 15) is 4.79 Å². The maximum Gasteiger partial charge on any atom is 0.255 e. The van der Waals surface area contributed by atoms with Gasteiger partial charge in [0.1, 0.15) is 5.82 Å². The van der Waals surface area contributed by atoms with Crippen molar-refractivity contribution in [1.29, 1.82) is 0 Å². The summed E-state index contributed by atoms with van der Waals surface area (Å²) >= 11 is 0. The molecule has 3 heterocycles. The van der Waals surface area contributed by atoms with Crippen LogP contribution in [0, 0.1) is 6.92 Å². The second-order valence-corrected chi connectivity index (χ2v) is 5.56. The second-order valence-electron chi connectivity index (χ2n) is 5.56. The van der Waals surface area contributed by atoms with E-state index in [0.717, 1.165) is 22.8 Å². The molecular weight excluding hydrogens is 294 g/mol. The molecule has 0 amide bonds. The maximum atomic E-state index is 12.0. The van der Waals surface area contributed by atoms with Crippen LogP contribution in [-0.4, -0.2) is 35.1 Å². The van der Waals surface area contributed by atoms with Gasteiger partial charge < -0.3 is 4.98 Å². The van der Waals surface area contributed by atoms with Crippen molar-refractivity contribution in [2.75, 3.05) is 0 Å². The van der Waals surface area contributed by atoms with Crippen molar-refractivity contribution in [3.05, 3.63) is 63.6 Å². The highest BCUT2D eigenvalue weighted by Crippen LogP contribution is 2.20. The molecule has 0 bridgehead atoms. The lowest BCUT2D eigenvalue weighted by atomic mass is 10.3. The van der Waals surface area contributed by atoms with Crippen LogP contribution in [0.25, 0.3) is 5.69 Å². The highest BCUT2D eigenvalue weighted by Gasteiger charge is 2.25. The van der Waals surface area contributed by atoms with Gasteiger partial charge in [-0.25, -0.2) is 4.98 Å².